The molecule has 0 radical (unpaired) electrons. The Hall–Kier alpha value is -1.35. The van der Waals surface area contributed by atoms with Gasteiger partial charge in [-0.25, -0.2) is 4.98 Å². The molecule has 0 bridgehead atoms. The summed E-state index contributed by atoms with van der Waals surface area (Å²) < 4.78 is 5.73. The van der Waals surface area contributed by atoms with Gasteiger partial charge in [-0.2, -0.15) is 0 Å². The molecular weight excluding hydrogens is 200 g/mol. The predicted molar refractivity (Wildman–Crippen MR) is 63.0 cm³/mol. The lowest BCUT2D eigenvalue weighted by atomic mass is 10.1. The summed E-state index contributed by atoms with van der Waals surface area (Å²) in [6.45, 7) is 1.98. The molecule has 2 aromatic heterocycles. The lowest BCUT2D eigenvalue weighted by Crippen LogP contribution is -2.09. The number of hydrogen-bond acceptors (Lipinski definition) is 3. The van der Waals surface area contributed by atoms with Crippen molar-refractivity contribution < 1.29 is 4.42 Å². The second kappa shape index (κ2) is 3.59. The van der Waals surface area contributed by atoms with Crippen LogP contribution in [0.15, 0.2) is 22.6 Å². The lowest BCUT2D eigenvalue weighted by Gasteiger charge is -2.05. The largest absolute Gasteiger partial charge is 0.458 e. The van der Waals surface area contributed by atoms with Gasteiger partial charge in [0.15, 0.2) is 5.58 Å². The molecule has 3 rings (SSSR count). The molecule has 1 unspecified atom stereocenters. The molecular formula is C13H16N2O. The van der Waals surface area contributed by atoms with E-state index >= 15 is 0 Å². The fourth-order valence-corrected chi connectivity index (χ4v) is 2.06. The van der Waals surface area contributed by atoms with Gasteiger partial charge in [0.05, 0.1) is 6.04 Å². The summed E-state index contributed by atoms with van der Waals surface area (Å²) >= 11 is 0. The minimum atomic E-state index is 0.0296. The molecule has 1 atom stereocenters. The van der Waals surface area contributed by atoms with E-state index in [4.69, 9.17) is 10.2 Å². The van der Waals surface area contributed by atoms with E-state index in [1.165, 1.54) is 12.8 Å². The molecule has 1 aliphatic rings. The number of furan rings is 1. The van der Waals surface area contributed by atoms with Crippen molar-refractivity contribution in [2.24, 2.45) is 11.7 Å². The van der Waals surface area contributed by atoms with Gasteiger partial charge in [0.25, 0.3) is 0 Å². The van der Waals surface area contributed by atoms with Crippen molar-refractivity contribution in [1.29, 1.82) is 0 Å². The van der Waals surface area contributed by atoms with Crippen molar-refractivity contribution in [3.05, 3.63) is 29.7 Å². The number of rotatable bonds is 3. The second-order valence-corrected chi connectivity index (χ2v) is 4.77. The van der Waals surface area contributed by atoms with Crippen LogP contribution in [0.2, 0.25) is 0 Å². The zero-order valence-corrected chi connectivity index (χ0v) is 9.44. The Labute approximate surface area is 94.7 Å². The van der Waals surface area contributed by atoms with Crippen LogP contribution in [-0.2, 0) is 0 Å². The van der Waals surface area contributed by atoms with E-state index in [1.807, 2.05) is 25.1 Å². The SMILES string of the molecule is Cc1ccc2oc(C(N)CC3CC3)cc2n1. The molecule has 0 aromatic carbocycles. The number of fused-ring (bicyclic) bond motifs is 1. The Morgan fingerprint density at radius 1 is 1.50 bits per heavy atom. The third-order valence-corrected chi connectivity index (χ3v) is 3.18. The highest BCUT2D eigenvalue weighted by atomic mass is 16.3. The van der Waals surface area contributed by atoms with E-state index in [1.54, 1.807) is 0 Å². The molecule has 3 heteroatoms. The summed E-state index contributed by atoms with van der Waals surface area (Å²) in [6, 6.07) is 5.93. The summed E-state index contributed by atoms with van der Waals surface area (Å²) in [5.41, 5.74) is 8.88. The van der Waals surface area contributed by atoms with Gasteiger partial charge >= 0.3 is 0 Å². The molecule has 3 nitrogen and oxygen atoms in total. The molecule has 1 saturated carbocycles. The van der Waals surface area contributed by atoms with Crippen molar-refractivity contribution in [3.8, 4) is 0 Å². The molecule has 2 aromatic rings. The van der Waals surface area contributed by atoms with Crippen LogP contribution < -0.4 is 5.73 Å². The van der Waals surface area contributed by atoms with Gasteiger partial charge in [-0.05, 0) is 31.4 Å². The fourth-order valence-electron chi connectivity index (χ4n) is 2.06. The summed E-state index contributed by atoms with van der Waals surface area (Å²) in [5, 5.41) is 0. The molecule has 1 aliphatic carbocycles. The third kappa shape index (κ3) is 1.83. The first-order valence-corrected chi connectivity index (χ1v) is 5.85. The minimum Gasteiger partial charge on any atom is -0.458 e. The van der Waals surface area contributed by atoms with Gasteiger partial charge < -0.3 is 10.2 Å². The Morgan fingerprint density at radius 3 is 3.06 bits per heavy atom. The summed E-state index contributed by atoms with van der Waals surface area (Å²) in [5.74, 6) is 1.69. The average Bonchev–Trinajstić information content (AvgIpc) is 2.95. The van der Waals surface area contributed by atoms with Gasteiger partial charge in [0, 0.05) is 11.8 Å². The fraction of sp³-hybridized carbons (Fsp3) is 0.462. The maximum absolute atomic E-state index is 6.12. The average molecular weight is 216 g/mol. The number of nitrogens with zero attached hydrogens (tertiary/aromatic N) is 1. The van der Waals surface area contributed by atoms with Gasteiger partial charge in [-0.1, -0.05) is 12.8 Å². The molecule has 0 amide bonds. The quantitative estimate of drug-likeness (QED) is 0.858. The molecule has 0 saturated heterocycles. The van der Waals surface area contributed by atoms with Gasteiger partial charge in [0.2, 0.25) is 0 Å². The molecule has 0 aliphatic heterocycles. The molecule has 16 heavy (non-hydrogen) atoms. The Balaban J connectivity index is 1.91. The normalized spacial score (nSPS) is 17.9. The van der Waals surface area contributed by atoms with Crippen LogP contribution in [0.4, 0.5) is 0 Å². The Morgan fingerprint density at radius 2 is 2.31 bits per heavy atom. The van der Waals surface area contributed by atoms with Crippen LogP contribution in [0.1, 0.15) is 36.8 Å². The monoisotopic (exact) mass is 216 g/mol. The van der Waals surface area contributed by atoms with E-state index < -0.39 is 0 Å². The summed E-state index contributed by atoms with van der Waals surface area (Å²) in [4.78, 5) is 4.42. The molecule has 1 fully saturated rings. The van der Waals surface area contributed by atoms with E-state index in [9.17, 15) is 0 Å². The maximum Gasteiger partial charge on any atom is 0.152 e. The van der Waals surface area contributed by atoms with Gasteiger partial charge in [-0.3, -0.25) is 0 Å². The molecule has 0 spiro atoms. The smallest absolute Gasteiger partial charge is 0.152 e. The summed E-state index contributed by atoms with van der Waals surface area (Å²) in [6.07, 6.45) is 3.69. The zero-order chi connectivity index (χ0) is 11.1. The number of pyridine rings is 1. The molecule has 84 valence electrons. The van der Waals surface area contributed by atoms with E-state index in [2.05, 4.69) is 4.98 Å². The first-order chi connectivity index (χ1) is 7.72. The van der Waals surface area contributed by atoms with Crippen LogP contribution in [0.25, 0.3) is 11.1 Å². The third-order valence-electron chi connectivity index (χ3n) is 3.18. The zero-order valence-electron chi connectivity index (χ0n) is 9.44. The highest BCUT2D eigenvalue weighted by Gasteiger charge is 2.26. The number of hydrogen-bond donors (Lipinski definition) is 1. The highest BCUT2D eigenvalue weighted by Crippen LogP contribution is 2.37. The van der Waals surface area contributed by atoms with E-state index in [0.717, 1.165) is 34.9 Å². The Kier molecular flexibility index (Phi) is 2.21. The predicted octanol–water partition coefficient (Wildman–Crippen LogP) is 2.94. The van der Waals surface area contributed by atoms with Crippen molar-refractivity contribution >= 4 is 11.1 Å². The van der Waals surface area contributed by atoms with E-state index in [-0.39, 0.29) is 6.04 Å². The van der Waals surface area contributed by atoms with Crippen LogP contribution in [0, 0.1) is 12.8 Å². The topological polar surface area (TPSA) is 52.0 Å². The minimum absolute atomic E-state index is 0.0296. The maximum atomic E-state index is 6.12. The second-order valence-electron chi connectivity index (χ2n) is 4.77. The van der Waals surface area contributed by atoms with Gasteiger partial charge in [-0.15, -0.1) is 0 Å². The van der Waals surface area contributed by atoms with Crippen LogP contribution >= 0.6 is 0 Å². The highest BCUT2D eigenvalue weighted by molar-refractivity contribution is 5.73. The summed E-state index contributed by atoms with van der Waals surface area (Å²) in [7, 11) is 0. The standard InChI is InChI=1S/C13H16N2O/c1-8-2-5-12-11(15-8)7-13(16-12)10(14)6-9-3-4-9/h2,5,7,9-10H,3-4,6,14H2,1H3. The first-order valence-electron chi connectivity index (χ1n) is 5.85. The van der Waals surface area contributed by atoms with E-state index in [0.29, 0.717) is 0 Å². The van der Waals surface area contributed by atoms with Crippen molar-refractivity contribution in [1.82, 2.24) is 4.98 Å². The van der Waals surface area contributed by atoms with Crippen LogP contribution in [-0.4, -0.2) is 4.98 Å². The molecule has 2 heterocycles. The number of aromatic nitrogens is 1. The van der Waals surface area contributed by atoms with Crippen molar-refractivity contribution in [2.45, 2.75) is 32.2 Å². The Bertz CT molecular complexity index is 514. The van der Waals surface area contributed by atoms with Crippen molar-refractivity contribution in [2.75, 3.05) is 0 Å². The first kappa shape index (κ1) is 9.85. The molecule has 2 N–H and O–H groups in total. The van der Waals surface area contributed by atoms with Crippen LogP contribution in [0.5, 0.6) is 0 Å². The van der Waals surface area contributed by atoms with Gasteiger partial charge in [0.1, 0.15) is 11.3 Å². The van der Waals surface area contributed by atoms with Crippen molar-refractivity contribution in [3.63, 3.8) is 0 Å². The van der Waals surface area contributed by atoms with Crippen LogP contribution in [0.3, 0.4) is 0 Å². The number of aryl methyl sites for hydroxylation is 1. The lowest BCUT2D eigenvalue weighted by molar-refractivity contribution is 0.463. The number of nitrogens with two attached hydrogens (primary N) is 1.